The monoisotopic (exact) mass is 569 g/mol. The number of aromatic amines is 2. The lowest BCUT2D eigenvalue weighted by molar-refractivity contribution is -0.143. The van der Waals surface area contributed by atoms with Crippen LogP contribution in [0.3, 0.4) is 0 Å². The minimum absolute atomic E-state index is 0.111. The fourth-order valence-corrected chi connectivity index (χ4v) is 4.31. The summed E-state index contributed by atoms with van der Waals surface area (Å²) in [7, 11) is 0. The number of amides is 3. The van der Waals surface area contributed by atoms with Gasteiger partial charge in [0.15, 0.2) is 0 Å². The third-order valence-corrected chi connectivity index (χ3v) is 6.57. The highest BCUT2D eigenvalue weighted by Gasteiger charge is 2.32. The Morgan fingerprint density at radius 3 is 2.27 bits per heavy atom. The lowest BCUT2D eigenvalue weighted by atomic mass is 10.00. The smallest absolute Gasteiger partial charge is 0.326 e. The van der Waals surface area contributed by atoms with Crippen molar-refractivity contribution >= 4 is 40.6 Å². The maximum absolute atomic E-state index is 13.2. The number of carbonyl (C=O) groups is 5. The number of carbonyl (C=O) groups excluding carboxylic acids is 3. The molecular formula is C27H35N7O7. The number of fused-ring (bicyclic) bond motifs is 1. The molecule has 2 heterocycles. The molecule has 14 nitrogen and oxygen atoms in total. The van der Waals surface area contributed by atoms with E-state index in [4.69, 9.17) is 10.8 Å². The number of nitrogens with one attached hydrogen (secondary N) is 5. The first kappa shape index (κ1) is 30.8. The van der Waals surface area contributed by atoms with Crippen molar-refractivity contribution in [3.05, 3.63) is 54.2 Å². The standard InChI is InChI=1S/C27H35N7O7/c1-14(2)23(34-24(37)18(28)9-15-11-30-19-6-4-3-5-17(15)19)26(39)32-20(7-8-22(35)36)25(38)33-21(27(40)41)10-16-12-29-13-31-16/h3-6,11-14,18,20-21,23,30H,7-10,28H2,1-2H3,(H,29,31)(H,32,39)(H,33,38)(H,34,37)(H,35,36)(H,40,41). The molecule has 0 spiro atoms. The van der Waals surface area contributed by atoms with Crippen LogP contribution in [0.25, 0.3) is 10.9 Å². The second kappa shape index (κ2) is 14.1. The number of para-hydroxylation sites is 1. The van der Waals surface area contributed by atoms with E-state index in [1.54, 1.807) is 20.0 Å². The zero-order valence-electron chi connectivity index (χ0n) is 22.7. The number of nitrogens with two attached hydrogens (primary N) is 1. The topological polar surface area (TPSA) is 232 Å². The first-order valence-corrected chi connectivity index (χ1v) is 13.1. The molecule has 4 atom stereocenters. The molecule has 2 aromatic heterocycles. The number of carboxylic acid groups (broad SMARTS) is 2. The molecule has 4 unspecified atom stereocenters. The molecule has 3 amide bonds. The Bertz CT molecular complexity index is 1370. The molecule has 0 aliphatic carbocycles. The van der Waals surface area contributed by atoms with Crippen LogP contribution in [0.2, 0.25) is 0 Å². The fraction of sp³-hybridized carbons (Fsp3) is 0.407. The van der Waals surface area contributed by atoms with Gasteiger partial charge in [0.05, 0.1) is 12.4 Å². The van der Waals surface area contributed by atoms with Gasteiger partial charge in [0.2, 0.25) is 17.7 Å². The van der Waals surface area contributed by atoms with Crippen LogP contribution in [0.1, 0.15) is 37.9 Å². The van der Waals surface area contributed by atoms with Crippen LogP contribution in [-0.4, -0.2) is 79.0 Å². The van der Waals surface area contributed by atoms with Gasteiger partial charge in [0.1, 0.15) is 18.1 Å². The van der Waals surface area contributed by atoms with Gasteiger partial charge in [-0.2, -0.15) is 0 Å². The van der Waals surface area contributed by atoms with E-state index in [1.807, 2.05) is 24.3 Å². The number of hydrogen-bond donors (Lipinski definition) is 8. The molecule has 41 heavy (non-hydrogen) atoms. The van der Waals surface area contributed by atoms with E-state index in [2.05, 4.69) is 30.9 Å². The molecule has 0 fully saturated rings. The molecule has 9 N–H and O–H groups in total. The van der Waals surface area contributed by atoms with E-state index in [-0.39, 0.29) is 19.3 Å². The highest BCUT2D eigenvalue weighted by molar-refractivity contribution is 5.94. The zero-order chi connectivity index (χ0) is 30.1. The van der Waals surface area contributed by atoms with Crippen molar-refractivity contribution in [2.75, 3.05) is 0 Å². The average Bonchev–Trinajstić information content (AvgIpc) is 3.58. The maximum Gasteiger partial charge on any atom is 0.326 e. The van der Waals surface area contributed by atoms with Gasteiger partial charge in [-0.15, -0.1) is 0 Å². The van der Waals surface area contributed by atoms with Crippen LogP contribution in [0.15, 0.2) is 43.0 Å². The van der Waals surface area contributed by atoms with Crippen molar-refractivity contribution in [2.45, 2.75) is 63.7 Å². The predicted molar refractivity (Wildman–Crippen MR) is 147 cm³/mol. The van der Waals surface area contributed by atoms with Crippen molar-refractivity contribution in [3.63, 3.8) is 0 Å². The molecule has 0 bridgehead atoms. The van der Waals surface area contributed by atoms with E-state index in [1.165, 1.54) is 12.5 Å². The molecule has 0 radical (unpaired) electrons. The Balaban J connectivity index is 1.68. The lowest BCUT2D eigenvalue weighted by Gasteiger charge is -2.27. The summed E-state index contributed by atoms with van der Waals surface area (Å²) in [5, 5.41) is 27.1. The minimum atomic E-state index is -1.37. The summed E-state index contributed by atoms with van der Waals surface area (Å²) in [6, 6.07) is 2.74. The van der Waals surface area contributed by atoms with Crippen LogP contribution in [-0.2, 0) is 36.8 Å². The van der Waals surface area contributed by atoms with E-state index in [9.17, 15) is 29.1 Å². The summed E-state index contributed by atoms with van der Waals surface area (Å²) in [4.78, 5) is 71.9. The van der Waals surface area contributed by atoms with Crippen molar-refractivity contribution in [3.8, 4) is 0 Å². The normalized spacial score (nSPS) is 14.1. The number of hydrogen-bond acceptors (Lipinski definition) is 7. The highest BCUT2D eigenvalue weighted by Crippen LogP contribution is 2.19. The van der Waals surface area contributed by atoms with Gasteiger partial charge in [0, 0.05) is 41.8 Å². The second-order valence-corrected chi connectivity index (χ2v) is 10.1. The predicted octanol–water partition coefficient (Wildman–Crippen LogP) is 0.0633. The summed E-state index contributed by atoms with van der Waals surface area (Å²) in [5.41, 5.74) is 8.36. The van der Waals surface area contributed by atoms with Crippen LogP contribution >= 0.6 is 0 Å². The van der Waals surface area contributed by atoms with Crippen LogP contribution in [0.4, 0.5) is 0 Å². The Hall–Kier alpha value is -4.72. The first-order chi connectivity index (χ1) is 19.5. The molecule has 0 aliphatic rings. The average molecular weight is 570 g/mol. The third kappa shape index (κ3) is 8.63. The molecule has 1 aromatic carbocycles. The molecule has 0 aliphatic heterocycles. The number of aliphatic carboxylic acids is 2. The lowest BCUT2D eigenvalue weighted by Crippen LogP contribution is -2.58. The van der Waals surface area contributed by atoms with E-state index in [0.29, 0.717) is 5.69 Å². The Morgan fingerprint density at radius 1 is 0.927 bits per heavy atom. The summed E-state index contributed by atoms with van der Waals surface area (Å²) in [6.45, 7) is 3.37. The Labute approximate surface area is 235 Å². The number of H-pyrrole nitrogens is 2. The summed E-state index contributed by atoms with van der Waals surface area (Å²) < 4.78 is 0. The molecular weight excluding hydrogens is 534 g/mol. The van der Waals surface area contributed by atoms with E-state index < -0.39 is 66.2 Å². The number of carboxylic acids is 2. The van der Waals surface area contributed by atoms with Crippen molar-refractivity contribution in [2.24, 2.45) is 11.7 Å². The van der Waals surface area contributed by atoms with Crippen molar-refractivity contribution < 1.29 is 34.2 Å². The second-order valence-electron chi connectivity index (χ2n) is 10.1. The van der Waals surface area contributed by atoms with Gasteiger partial charge in [-0.3, -0.25) is 19.2 Å². The summed E-state index contributed by atoms with van der Waals surface area (Å²) in [5.74, 6) is -5.15. The molecule has 14 heteroatoms. The van der Waals surface area contributed by atoms with Crippen LogP contribution in [0.5, 0.6) is 0 Å². The fourth-order valence-electron chi connectivity index (χ4n) is 4.31. The van der Waals surface area contributed by atoms with Crippen LogP contribution < -0.4 is 21.7 Å². The number of nitrogens with zero attached hydrogens (tertiary/aromatic N) is 1. The van der Waals surface area contributed by atoms with Crippen molar-refractivity contribution in [1.29, 1.82) is 0 Å². The quantitative estimate of drug-likeness (QED) is 0.123. The summed E-state index contributed by atoms with van der Waals surface area (Å²) >= 11 is 0. The Morgan fingerprint density at radius 2 is 1.63 bits per heavy atom. The van der Waals surface area contributed by atoms with Gasteiger partial charge in [-0.1, -0.05) is 32.0 Å². The van der Waals surface area contributed by atoms with Gasteiger partial charge in [-0.05, 0) is 30.4 Å². The zero-order valence-corrected chi connectivity index (χ0v) is 22.7. The van der Waals surface area contributed by atoms with Gasteiger partial charge >= 0.3 is 11.9 Å². The molecule has 3 aromatic rings. The van der Waals surface area contributed by atoms with Crippen LogP contribution in [0, 0.1) is 5.92 Å². The van der Waals surface area contributed by atoms with Crippen molar-refractivity contribution in [1.82, 2.24) is 30.9 Å². The van der Waals surface area contributed by atoms with E-state index in [0.717, 1.165) is 16.5 Å². The number of imidazole rings is 1. The van der Waals surface area contributed by atoms with Gasteiger partial charge in [-0.25, -0.2) is 9.78 Å². The third-order valence-electron chi connectivity index (χ3n) is 6.57. The minimum Gasteiger partial charge on any atom is -0.481 e. The van der Waals surface area contributed by atoms with E-state index >= 15 is 0 Å². The largest absolute Gasteiger partial charge is 0.481 e. The summed E-state index contributed by atoms with van der Waals surface area (Å²) in [6.07, 6.45) is 3.86. The number of aromatic nitrogens is 3. The highest BCUT2D eigenvalue weighted by atomic mass is 16.4. The number of rotatable bonds is 15. The molecule has 3 rings (SSSR count). The molecule has 220 valence electrons. The number of benzene rings is 1. The molecule has 0 saturated carbocycles. The first-order valence-electron chi connectivity index (χ1n) is 13.1. The van der Waals surface area contributed by atoms with Gasteiger partial charge < -0.3 is 41.9 Å². The molecule has 0 saturated heterocycles. The van der Waals surface area contributed by atoms with Gasteiger partial charge in [0.25, 0.3) is 0 Å². The Kier molecular flexibility index (Phi) is 10.6. The SMILES string of the molecule is CC(C)C(NC(=O)C(N)Cc1c[nH]c2ccccc12)C(=O)NC(CCC(=O)O)C(=O)NC(Cc1cnc[nH]1)C(=O)O. The maximum atomic E-state index is 13.2.